The molecule has 1 aromatic heterocycles. The molecular formula is C20H18N6S. The number of benzene rings is 2. The van der Waals surface area contributed by atoms with Gasteiger partial charge in [0, 0.05) is 17.4 Å². The number of nitrogens with one attached hydrogen (secondary N) is 2. The number of aryl methyl sites for hydroxylation is 1. The van der Waals surface area contributed by atoms with E-state index in [0.717, 1.165) is 28.3 Å². The van der Waals surface area contributed by atoms with E-state index >= 15 is 0 Å². The molecule has 0 aliphatic heterocycles. The average molecular weight is 374 g/mol. The van der Waals surface area contributed by atoms with Crippen LogP contribution in [0.3, 0.4) is 0 Å². The summed E-state index contributed by atoms with van der Waals surface area (Å²) in [6.07, 6.45) is 5.47. The van der Waals surface area contributed by atoms with Gasteiger partial charge in [-0.1, -0.05) is 42.1 Å². The molecule has 0 saturated carbocycles. The molecule has 2 N–H and O–H groups in total. The lowest BCUT2D eigenvalue weighted by Crippen LogP contribution is -2.12. The van der Waals surface area contributed by atoms with Crippen molar-refractivity contribution in [1.29, 1.82) is 5.26 Å². The summed E-state index contributed by atoms with van der Waals surface area (Å²) in [6, 6.07) is 17.5. The number of rotatable bonds is 4. The Kier molecular flexibility index (Phi) is 6.02. The molecule has 0 atom stereocenters. The number of nitrogens with zero attached hydrogens (tertiary/aromatic N) is 4. The lowest BCUT2D eigenvalue weighted by molar-refractivity contribution is 1.17. The van der Waals surface area contributed by atoms with Crippen molar-refractivity contribution in [2.45, 2.75) is 6.92 Å². The maximum atomic E-state index is 8.77. The zero-order chi connectivity index (χ0) is 19.1. The zero-order valence-electron chi connectivity index (χ0n) is 15.0. The second kappa shape index (κ2) is 8.83. The van der Waals surface area contributed by atoms with Gasteiger partial charge in [-0.05, 0) is 43.0 Å². The van der Waals surface area contributed by atoms with E-state index in [0.29, 0.717) is 11.0 Å². The van der Waals surface area contributed by atoms with Gasteiger partial charge in [0.25, 0.3) is 0 Å². The average Bonchev–Trinajstić information content (AvgIpc) is 2.70. The fourth-order valence-corrected chi connectivity index (χ4v) is 2.77. The molecule has 0 radical (unpaired) electrons. The lowest BCUT2D eigenvalue weighted by Gasteiger charge is -2.09. The molecule has 0 aliphatic carbocycles. The fourth-order valence-electron chi connectivity index (χ4n) is 2.42. The van der Waals surface area contributed by atoms with Gasteiger partial charge < -0.3 is 5.32 Å². The van der Waals surface area contributed by atoms with Crippen molar-refractivity contribution in [2.24, 2.45) is 4.99 Å². The van der Waals surface area contributed by atoms with Gasteiger partial charge in [-0.2, -0.15) is 5.26 Å². The maximum Gasteiger partial charge on any atom is 0.183 e. The summed E-state index contributed by atoms with van der Waals surface area (Å²) < 4.78 is 0. The van der Waals surface area contributed by atoms with Gasteiger partial charge in [-0.3, -0.25) is 5.32 Å². The Bertz CT molecular complexity index is 1010. The van der Waals surface area contributed by atoms with Gasteiger partial charge in [-0.15, -0.1) is 0 Å². The van der Waals surface area contributed by atoms with Crippen molar-refractivity contribution in [3.63, 3.8) is 0 Å². The Labute approximate surface area is 162 Å². The van der Waals surface area contributed by atoms with E-state index < -0.39 is 0 Å². The largest absolute Gasteiger partial charge is 0.340 e. The van der Waals surface area contributed by atoms with Crippen LogP contribution in [0.15, 0.2) is 65.8 Å². The molecule has 0 spiro atoms. The van der Waals surface area contributed by atoms with Crippen molar-refractivity contribution < 1.29 is 0 Å². The quantitative estimate of drug-likeness (QED) is 0.300. The molecule has 1 heterocycles. The number of nitriles is 1. The first-order valence-corrected chi connectivity index (χ1v) is 9.46. The molecule has 6 nitrogen and oxygen atoms in total. The van der Waals surface area contributed by atoms with E-state index in [2.05, 4.69) is 25.6 Å². The van der Waals surface area contributed by atoms with Crippen LogP contribution in [0.2, 0.25) is 0 Å². The molecule has 0 unspecified atom stereocenters. The molecular weight excluding hydrogens is 356 g/mol. The number of anilines is 2. The fraction of sp³-hybridized carbons (Fsp3) is 0.100. The number of aliphatic imine (C=N–C) groups is 1. The van der Waals surface area contributed by atoms with Crippen LogP contribution >= 0.6 is 11.8 Å². The first-order chi connectivity index (χ1) is 13.2. The van der Waals surface area contributed by atoms with Crippen LogP contribution in [0.25, 0.3) is 11.4 Å². The SMILES string of the molecule is CSC(=Nc1cccc(-c2nccc(Nc3ccccc3C)n2)c1)NC#N. The zero-order valence-corrected chi connectivity index (χ0v) is 15.8. The van der Waals surface area contributed by atoms with E-state index in [1.54, 1.807) is 6.20 Å². The normalized spacial score (nSPS) is 10.9. The highest BCUT2D eigenvalue weighted by Crippen LogP contribution is 2.24. The summed E-state index contributed by atoms with van der Waals surface area (Å²) in [5.41, 5.74) is 3.72. The monoisotopic (exact) mass is 374 g/mol. The Balaban J connectivity index is 1.88. The van der Waals surface area contributed by atoms with Crippen LogP contribution in [-0.2, 0) is 0 Å². The summed E-state index contributed by atoms with van der Waals surface area (Å²) in [4.78, 5) is 13.4. The van der Waals surface area contributed by atoms with Crippen LogP contribution in [0.1, 0.15) is 5.56 Å². The van der Waals surface area contributed by atoms with E-state index in [9.17, 15) is 0 Å². The van der Waals surface area contributed by atoms with Crippen LogP contribution in [0, 0.1) is 18.4 Å². The first kappa shape index (κ1) is 18.4. The molecule has 0 saturated heterocycles. The number of thioether (sulfide) groups is 1. The number of amidine groups is 1. The van der Waals surface area contributed by atoms with Gasteiger partial charge >= 0.3 is 0 Å². The van der Waals surface area contributed by atoms with Crippen molar-refractivity contribution in [2.75, 3.05) is 11.6 Å². The molecule has 0 aliphatic rings. The summed E-state index contributed by atoms with van der Waals surface area (Å²) in [5.74, 6) is 1.32. The maximum absolute atomic E-state index is 8.77. The lowest BCUT2D eigenvalue weighted by atomic mass is 10.2. The molecule has 27 heavy (non-hydrogen) atoms. The van der Waals surface area contributed by atoms with Gasteiger partial charge in [-0.25, -0.2) is 15.0 Å². The van der Waals surface area contributed by atoms with Crippen LogP contribution in [-0.4, -0.2) is 21.4 Å². The third-order valence-electron chi connectivity index (χ3n) is 3.75. The minimum atomic E-state index is 0.533. The Hall–Kier alpha value is -3.37. The van der Waals surface area contributed by atoms with Gasteiger partial charge in [0.15, 0.2) is 17.2 Å². The Morgan fingerprint density at radius 1 is 1.15 bits per heavy atom. The second-order valence-electron chi connectivity index (χ2n) is 5.61. The second-order valence-corrected chi connectivity index (χ2v) is 6.41. The molecule has 3 aromatic rings. The smallest absolute Gasteiger partial charge is 0.183 e. The van der Waals surface area contributed by atoms with Crippen LogP contribution in [0.5, 0.6) is 0 Å². The van der Waals surface area contributed by atoms with E-state index in [1.165, 1.54) is 11.8 Å². The van der Waals surface area contributed by atoms with Crippen LogP contribution < -0.4 is 10.6 Å². The number of para-hydroxylation sites is 1. The molecule has 0 bridgehead atoms. The van der Waals surface area contributed by atoms with Crippen molar-refractivity contribution in [3.05, 3.63) is 66.4 Å². The highest BCUT2D eigenvalue weighted by Gasteiger charge is 2.06. The van der Waals surface area contributed by atoms with E-state index in [1.807, 2.05) is 74.0 Å². The number of hydrogen-bond donors (Lipinski definition) is 2. The number of hydrogen-bond acceptors (Lipinski definition) is 6. The molecule has 134 valence electrons. The van der Waals surface area contributed by atoms with E-state index in [-0.39, 0.29) is 0 Å². The van der Waals surface area contributed by atoms with Crippen LogP contribution in [0.4, 0.5) is 17.2 Å². The highest BCUT2D eigenvalue weighted by molar-refractivity contribution is 8.13. The van der Waals surface area contributed by atoms with Crippen molar-refractivity contribution in [3.8, 4) is 17.6 Å². The van der Waals surface area contributed by atoms with Gasteiger partial charge in [0.1, 0.15) is 5.82 Å². The van der Waals surface area contributed by atoms with Gasteiger partial charge in [0.05, 0.1) is 5.69 Å². The molecule has 0 fully saturated rings. The molecule has 7 heteroatoms. The Morgan fingerprint density at radius 2 is 2.00 bits per heavy atom. The summed E-state index contributed by atoms with van der Waals surface area (Å²) >= 11 is 1.37. The molecule has 2 aromatic carbocycles. The minimum absolute atomic E-state index is 0.533. The van der Waals surface area contributed by atoms with Gasteiger partial charge in [0.2, 0.25) is 0 Å². The first-order valence-electron chi connectivity index (χ1n) is 8.23. The summed E-state index contributed by atoms with van der Waals surface area (Å²) in [6.45, 7) is 2.05. The standard InChI is InChI=1S/C20H18N6S/c1-14-6-3-4-9-17(14)25-18-10-11-22-19(26-18)15-7-5-8-16(12-15)24-20(27-2)23-13-21/h3-12H,1-2H3,(H,23,24)(H,22,25,26). The summed E-state index contributed by atoms with van der Waals surface area (Å²) in [7, 11) is 0. The topological polar surface area (TPSA) is 86.0 Å². The Morgan fingerprint density at radius 3 is 2.78 bits per heavy atom. The highest BCUT2D eigenvalue weighted by atomic mass is 32.2. The predicted octanol–water partition coefficient (Wildman–Crippen LogP) is 4.62. The minimum Gasteiger partial charge on any atom is -0.340 e. The molecule has 3 rings (SSSR count). The van der Waals surface area contributed by atoms with E-state index in [4.69, 9.17) is 5.26 Å². The number of aromatic nitrogens is 2. The molecule has 0 amide bonds. The predicted molar refractivity (Wildman–Crippen MR) is 111 cm³/mol. The third-order valence-corrected chi connectivity index (χ3v) is 4.33. The summed E-state index contributed by atoms with van der Waals surface area (Å²) in [5, 5.41) is 15.2. The van der Waals surface area contributed by atoms with Crippen molar-refractivity contribution >= 4 is 34.1 Å². The van der Waals surface area contributed by atoms with Crippen molar-refractivity contribution in [1.82, 2.24) is 15.3 Å². The third kappa shape index (κ3) is 4.84.